The quantitative estimate of drug-likeness (QED) is 0.705. The van der Waals surface area contributed by atoms with Crippen LogP contribution in [0.3, 0.4) is 0 Å². The first-order valence-electron chi connectivity index (χ1n) is 9.09. The number of anilines is 1. The Hall–Kier alpha value is -2.74. The molecule has 0 bridgehead atoms. The highest BCUT2D eigenvalue weighted by Gasteiger charge is 2.33. The lowest BCUT2D eigenvalue weighted by Crippen LogP contribution is -2.43. The number of rotatable bonds is 6. The van der Waals surface area contributed by atoms with Gasteiger partial charge >= 0.3 is 0 Å². The molecular formula is C19H21N5O2S. The van der Waals surface area contributed by atoms with E-state index in [1.165, 1.54) is 17.7 Å². The second kappa shape index (κ2) is 7.87. The average molecular weight is 383 g/mol. The normalized spacial score (nSPS) is 16.6. The lowest BCUT2D eigenvalue weighted by atomic mass is 10.2. The molecule has 1 aliphatic heterocycles. The largest absolute Gasteiger partial charge is 0.477 e. The number of carbonyl (C=O) groups is 1. The van der Waals surface area contributed by atoms with Gasteiger partial charge in [-0.3, -0.25) is 4.79 Å². The number of carbonyl (C=O) groups excluding carboxylic acids is 1. The Bertz CT molecular complexity index is 930. The van der Waals surface area contributed by atoms with Crippen molar-refractivity contribution in [2.45, 2.75) is 32.4 Å². The summed E-state index contributed by atoms with van der Waals surface area (Å²) in [6, 6.07) is 9.72. The number of benzene rings is 1. The molecule has 1 fully saturated rings. The number of aromatic nitrogens is 3. The zero-order valence-corrected chi connectivity index (χ0v) is 15.9. The summed E-state index contributed by atoms with van der Waals surface area (Å²) >= 11 is 1.48. The molecule has 4 rings (SSSR count). The molecule has 0 radical (unpaired) electrons. The van der Waals surface area contributed by atoms with Crippen molar-refractivity contribution in [3.05, 3.63) is 42.2 Å². The van der Waals surface area contributed by atoms with Crippen LogP contribution in [0.5, 0.6) is 5.88 Å². The summed E-state index contributed by atoms with van der Waals surface area (Å²) in [6.07, 6.45) is 3.24. The van der Waals surface area contributed by atoms with Gasteiger partial charge < -0.3 is 15.0 Å². The van der Waals surface area contributed by atoms with Crippen molar-refractivity contribution in [3.63, 3.8) is 0 Å². The van der Waals surface area contributed by atoms with Gasteiger partial charge in [0, 0.05) is 13.1 Å². The summed E-state index contributed by atoms with van der Waals surface area (Å²) in [6.45, 7) is 3.79. The summed E-state index contributed by atoms with van der Waals surface area (Å²) in [4.78, 5) is 27.9. The van der Waals surface area contributed by atoms with E-state index in [0.717, 1.165) is 34.8 Å². The smallest absolute Gasteiger partial charge is 0.243 e. The van der Waals surface area contributed by atoms with Crippen LogP contribution in [0.1, 0.15) is 25.3 Å². The molecule has 2 aromatic heterocycles. The zero-order valence-electron chi connectivity index (χ0n) is 15.1. The Morgan fingerprint density at radius 3 is 3.00 bits per heavy atom. The molecular weight excluding hydrogens is 362 g/mol. The van der Waals surface area contributed by atoms with Crippen LogP contribution < -0.4 is 15.0 Å². The number of hydrogen-bond donors (Lipinski definition) is 1. The molecule has 0 aliphatic carbocycles. The van der Waals surface area contributed by atoms with E-state index in [0.29, 0.717) is 24.7 Å². The maximum atomic E-state index is 12.8. The molecule has 8 heteroatoms. The molecule has 1 aromatic carbocycles. The van der Waals surface area contributed by atoms with Crippen LogP contribution in [-0.2, 0) is 11.3 Å². The molecule has 1 saturated heterocycles. The van der Waals surface area contributed by atoms with Crippen molar-refractivity contribution >= 4 is 32.7 Å². The van der Waals surface area contributed by atoms with Crippen molar-refractivity contribution in [2.24, 2.45) is 0 Å². The minimum Gasteiger partial charge on any atom is -0.477 e. The van der Waals surface area contributed by atoms with Crippen molar-refractivity contribution in [3.8, 4) is 5.88 Å². The first-order chi connectivity index (χ1) is 13.3. The van der Waals surface area contributed by atoms with Crippen LogP contribution in [0.25, 0.3) is 10.3 Å². The van der Waals surface area contributed by atoms with Gasteiger partial charge in [0.05, 0.1) is 6.61 Å². The highest BCUT2D eigenvalue weighted by molar-refractivity contribution is 7.22. The van der Waals surface area contributed by atoms with Crippen molar-refractivity contribution < 1.29 is 9.53 Å². The molecule has 0 spiro atoms. The van der Waals surface area contributed by atoms with Crippen LogP contribution in [0.4, 0.5) is 5.13 Å². The second-order valence-electron chi connectivity index (χ2n) is 6.32. The fraction of sp³-hybridized carbons (Fsp3) is 0.368. The van der Waals surface area contributed by atoms with Crippen LogP contribution >= 0.6 is 11.3 Å². The van der Waals surface area contributed by atoms with E-state index in [1.807, 2.05) is 37.3 Å². The molecule has 0 unspecified atom stereocenters. The minimum atomic E-state index is -0.210. The van der Waals surface area contributed by atoms with Gasteiger partial charge in [0.25, 0.3) is 0 Å². The first-order valence-corrected chi connectivity index (χ1v) is 9.90. The van der Waals surface area contributed by atoms with E-state index in [4.69, 9.17) is 4.74 Å². The molecule has 1 amide bonds. The molecule has 140 valence electrons. The maximum absolute atomic E-state index is 12.8. The van der Waals surface area contributed by atoms with E-state index in [1.54, 1.807) is 0 Å². The fourth-order valence-electron chi connectivity index (χ4n) is 3.26. The number of thiazole rings is 1. The molecule has 1 atom stereocenters. The molecule has 27 heavy (non-hydrogen) atoms. The van der Waals surface area contributed by atoms with Crippen LogP contribution in [-0.4, -0.2) is 40.1 Å². The minimum absolute atomic E-state index is 0.0340. The molecule has 7 nitrogen and oxygen atoms in total. The fourth-order valence-corrected chi connectivity index (χ4v) is 4.30. The highest BCUT2D eigenvalue weighted by atomic mass is 32.1. The van der Waals surface area contributed by atoms with Gasteiger partial charge in [0.2, 0.25) is 11.8 Å². The second-order valence-corrected chi connectivity index (χ2v) is 7.29. The predicted molar refractivity (Wildman–Crippen MR) is 105 cm³/mol. The van der Waals surface area contributed by atoms with E-state index >= 15 is 0 Å². The van der Waals surface area contributed by atoms with Crippen LogP contribution in [0.2, 0.25) is 0 Å². The summed E-state index contributed by atoms with van der Waals surface area (Å²) in [5, 5.41) is 3.84. The Balaban J connectivity index is 1.51. The van der Waals surface area contributed by atoms with Crippen molar-refractivity contribution in [1.29, 1.82) is 0 Å². The number of nitrogens with one attached hydrogen (secondary N) is 1. The third-order valence-electron chi connectivity index (χ3n) is 4.54. The molecule has 3 heterocycles. The van der Waals surface area contributed by atoms with Gasteiger partial charge in [-0.2, -0.15) is 4.98 Å². The van der Waals surface area contributed by atoms with Gasteiger partial charge in [-0.1, -0.05) is 41.7 Å². The monoisotopic (exact) mass is 383 g/mol. The molecule has 3 aromatic rings. The summed E-state index contributed by atoms with van der Waals surface area (Å²) in [7, 11) is 0. The van der Waals surface area contributed by atoms with Gasteiger partial charge in [-0.15, -0.1) is 0 Å². The number of hydrogen-bond acceptors (Lipinski definition) is 7. The summed E-state index contributed by atoms with van der Waals surface area (Å²) in [5.41, 5.74) is 1.70. The van der Waals surface area contributed by atoms with Gasteiger partial charge in [-0.25, -0.2) is 9.97 Å². The topological polar surface area (TPSA) is 80.2 Å². The lowest BCUT2D eigenvalue weighted by molar-refractivity contribution is -0.122. The van der Waals surface area contributed by atoms with Gasteiger partial charge in [0.15, 0.2) is 10.8 Å². The zero-order chi connectivity index (χ0) is 18.6. The third kappa shape index (κ3) is 3.71. The van der Waals surface area contributed by atoms with Crippen molar-refractivity contribution in [2.75, 3.05) is 18.1 Å². The molecule has 0 saturated carbocycles. The van der Waals surface area contributed by atoms with E-state index in [-0.39, 0.29) is 11.9 Å². The lowest BCUT2D eigenvalue weighted by Gasteiger charge is -2.23. The van der Waals surface area contributed by atoms with Gasteiger partial charge in [0.1, 0.15) is 17.1 Å². The van der Waals surface area contributed by atoms with E-state index in [9.17, 15) is 4.79 Å². The van der Waals surface area contributed by atoms with Crippen LogP contribution in [0, 0.1) is 0 Å². The number of amides is 1. The van der Waals surface area contributed by atoms with E-state index < -0.39 is 0 Å². The number of nitrogens with zero attached hydrogens (tertiary/aromatic N) is 4. The summed E-state index contributed by atoms with van der Waals surface area (Å²) < 4.78 is 6.40. The number of ether oxygens (including phenoxy) is 1. The van der Waals surface area contributed by atoms with Crippen LogP contribution in [0.15, 0.2) is 36.7 Å². The Morgan fingerprint density at radius 1 is 1.33 bits per heavy atom. The average Bonchev–Trinajstić information content (AvgIpc) is 3.34. The Labute approximate surface area is 161 Å². The third-order valence-corrected chi connectivity index (χ3v) is 5.61. The summed E-state index contributed by atoms with van der Waals surface area (Å²) in [5.74, 6) is 0.585. The first kappa shape index (κ1) is 17.7. The Kier molecular flexibility index (Phi) is 5.15. The predicted octanol–water partition coefficient (Wildman–Crippen LogP) is 2.77. The standard InChI is InChI=1S/C19H21N5O2S/c1-2-26-18-15-16(21-12-22-18)23-19(27-15)24-10-6-9-14(24)17(25)20-11-13-7-4-3-5-8-13/h3-5,7-8,12,14H,2,6,9-11H2,1H3,(H,20,25)/t14-/m1/s1. The molecule has 1 N–H and O–H groups in total. The highest BCUT2D eigenvalue weighted by Crippen LogP contribution is 2.36. The Morgan fingerprint density at radius 2 is 2.19 bits per heavy atom. The number of fused-ring (bicyclic) bond motifs is 1. The van der Waals surface area contributed by atoms with Crippen molar-refractivity contribution in [1.82, 2.24) is 20.3 Å². The van der Waals surface area contributed by atoms with E-state index in [2.05, 4.69) is 25.2 Å². The SMILES string of the molecule is CCOc1ncnc2nc(N3CCC[C@@H]3C(=O)NCc3ccccc3)sc12. The molecule has 1 aliphatic rings. The maximum Gasteiger partial charge on any atom is 0.243 e. The van der Waals surface area contributed by atoms with Gasteiger partial charge in [-0.05, 0) is 25.3 Å².